The molecule has 0 spiro atoms. The second kappa shape index (κ2) is 8.01. The van der Waals surface area contributed by atoms with Crippen LogP contribution >= 0.6 is 0 Å². The summed E-state index contributed by atoms with van der Waals surface area (Å²) in [6, 6.07) is 10.6. The van der Waals surface area contributed by atoms with Crippen LogP contribution in [-0.2, 0) is 22.2 Å². The van der Waals surface area contributed by atoms with E-state index < -0.39 is 35.8 Å². The van der Waals surface area contributed by atoms with Crippen molar-refractivity contribution >= 4 is 11.9 Å². The predicted molar refractivity (Wildman–Crippen MR) is 86.1 cm³/mol. The largest absolute Gasteiger partial charge is 0.480 e. The van der Waals surface area contributed by atoms with Crippen LogP contribution in [0, 0.1) is 0 Å². The Balaban J connectivity index is 2.12. The molecule has 0 aromatic heterocycles. The monoisotopic (exact) mass is 367 g/mol. The number of aliphatic hydroxyl groups is 1. The molecule has 5 nitrogen and oxygen atoms in total. The molecular weight excluding hydrogens is 351 g/mol. The van der Waals surface area contributed by atoms with Crippen molar-refractivity contribution < 1.29 is 33.0 Å². The summed E-state index contributed by atoms with van der Waals surface area (Å²) in [4.78, 5) is 23.4. The fourth-order valence-corrected chi connectivity index (χ4v) is 2.35. The van der Waals surface area contributed by atoms with E-state index in [-0.39, 0.29) is 17.5 Å². The number of aliphatic hydroxyl groups excluding tert-OH is 1. The molecule has 0 aliphatic carbocycles. The maximum absolute atomic E-state index is 12.7. The average molecular weight is 367 g/mol. The van der Waals surface area contributed by atoms with E-state index in [0.717, 1.165) is 18.2 Å². The highest BCUT2D eigenvalue weighted by molar-refractivity contribution is 5.87. The Hall–Kier alpha value is -2.87. The van der Waals surface area contributed by atoms with Gasteiger partial charge in [-0.05, 0) is 17.2 Å². The molecule has 3 N–H and O–H groups in total. The number of carboxylic acid groups (broad SMARTS) is 1. The van der Waals surface area contributed by atoms with Gasteiger partial charge in [-0.1, -0.05) is 48.5 Å². The third-order valence-electron chi connectivity index (χ3n) is 3.67. The van der Waals surface area contributed by atoms with Crippen molar-refractivity contribution in [1.82, 2.24) is 5.32 Å². The zero-order valence-electron chi connectivity index (χ0n) is 13.4. The Labute approximate surface area is 147 Å². The molecule has 26 heavy (non-hydrogen) atoms. The number of carbonyl (C=O) groups excluding carboxylic acids is 1. The number of benzene rings is 2. The van der Waals surface area contributed by atoms with Crippen LogP contribution < -0.4 is 5.32 Å². The van der Waals surface area contributed by atoms with Crippen molar-refractivity contribution in [1.29, 1.82) is 0 Å². The molecule has 0 saturated carbocycles. The molecule has 2 aromatic rings. The number of halogens is 3. The molecule has 0 unspecified atom stereocenters. The standard InChI is InChI=1S/C18H16F3NO4/c19-18(20,21)13-8-4-5-11(9-13)10-14(17(25)26)22-16(24)15(23)12-6-2-1-3-7-12/h1-9,14-15,23H,10H2,(H,22,24)(H,25,26)/t14-,15+/m1/s1. The summed E-state index contributed by atoms with van der Waals surface area (Å²) in [5, 5.41) is 21.4. The van der Waals surface area contributed by atoms with Gasteiger partial charge in [-0.25, -0.2) is 4.79 Å². The van der Waals surface area contributed by atoms with Crippen LogP contribution in [0.1, 0.15) is 22.8 Å². The van der Waals surface area contributed by atoms with Gasteiger partial charge in [0.1, 0.15) is 6.04 Å². The average Bonchev–Trinajstić information content (AvgIpc) is 2.60. The zero-order chi connectivity index (χ0) is 19.3. The first kappa shape index (κ1) is 19.5. The molecule has 0 radical (unpaired) electrons. The van der Waals surface area contributed by atoms with Crippen molar-refractivity contribution in [2.24, 2.45) is 0 Å². The van der Waals surface area contributed by atoms with Crippen LogP contribution in [0.25, 0.3) is 0 Å². The number of rotatable bonds is 6. The maximum Gasteiger partial charge on any atom is 0.416 e. The van der Waals surface area contributed by atoms with Gasteiger partial charge in [-0.3, -0.25) is 4.79 Å². The van der Waals surface area contributed by atoms with Crippen molar-refractivity contribution in [2.45, 2.75) is 24.7 Å². The maximum atomic E-state index is 12.7. The van der Waals surface area contributed by atoms with E-state index in [1.807, 2.05) is 0 Å². The van der Waals surface area contributed by atoms with E-state index in [2.05, 4.69) is 5.32 Å². The minimum atomic E-state index is -4.55. The quantitative estimate of drug-likeness (QED) is 0.732. The van der Waals surface area contributed by atoms with E-state index in [4.69, 9.17) is 0 Å². The Morgan fingerprint density at radius 2 is 1.69 bits per heavy atom. The molecule has 0 bridgehead atoms. The molecule has 0 saturated heterocycles. The fourth-order valence-electron chi connectivity index (χ4n) is 2.35. The first-order valence-electron chi connectivity index (χ1n) is 7.61. The lowest BCUT2D eigenvalue weighted by atomic mass is 10.0. The molecule has 138 valence electrons. The highest BCUT2D eigenvalue weighted by atomic mass is 19.4. The summed E-state index contributed by atoms with van der Waals surface area (Å²) in [6.07, 6.45) is -6.49. The molecule has 8 heteroatoms. The van der Waals surface area contributed by atoms with Gasteiger partial charge < -0.3 is 15.5 Å². The second-order valence-electron chi connectivity index (χ2n) is 5.61. The molecule has 2 rings (SSSR count). The van der Waals surface area contributed by atoms with Crippen LogP contribution in [-0.4, -0.2) is 28.1 Å². The third-order valence-corrected chi connectivity index (χ3v) is 3.67. The fraction of sp³-hybridized carbons (Fsp3) is 0.222. The summed E-state index contributed by atoms with van der Waals surface area (Å²) in [5.74, 6) is -2.37. The Morgan fingerprint density at radius 1 is 1.04 bits per heavy atom. The van der Waals surface area contributed by atoms with Gasteiger partial charge in [0.15, 0.2) is 6.10 Å². The molecule has 0 heterocycles. The normalized spacial score (nSPS) is 13.7. The van der Waals surface area contributed by atoms with Crippen LogP contribution in [0.2, 0.25) is 0 Å². The number of alkyl halides is 3. The van der Waals surface area contributed by atoms with Gasteiger partial charge >= 0.3 is 12.1 Å². The lowest BCUT2D eigenvalue weighted by molar-refractivity contribution is -0.143. The smallest absolute Gasteiger partial charge is 0.416 e. The van der Waals surface area contributed by atoms with Crippen LogP contribution in [0.15, 0.2) is 54.6 Å². The molecular formula is C18H16F3NO4. The topological polar surface area (TPSA) is 86.6 Å². The summed E-state index contributed by atoms with van der Waals surface area (Å²) < 4.78 is 38.2. The van der Waals surface area contributed by atoms with Crippen molar-refractivity contribution in [3.63, 3.8) is 0 Å². The van der Waals surface area contributed by atoms with E-state index in [1.165, 1.54) is 18.2 Å². The molecule has 2 aromatic carbocycles. The molecule has 0 fully saturated rings. The van der Waals surface area contributed by atoms with Crippen LogP contribution in [0.5, 0.6) is 0 Å². The first-order chi connectivity index (χ1) is 12.2. The number of carboxylic acids is 1. The van der Waals surface area contributed by atoms with Crippen LogP contribution in [0.4, 0.5) is 13.2 Å². The molecule has 1 amide bonds. The Bertz CT molecular complexity index is 778. The molecule has 0 aliphatic heterocycles. The Morgan fingerprint density at radius 3 is 2.27 bits per heavy atom. The first-order valence-corrected chi connectivity index (χ1v) is 7.61. The van der Waals surface area contributed by atoms with E-state index in [9.17, 15) is 33.0 Å². The van der Waals surface area contributed by atoms with Gasteiger partial charge in [0.25, 0.3) is 5.91 Å². The van der Waals surface area contributed by atoms with Gasteiger partial charge in [0.2, 0.25) is 0 Å². The zero-order valence-corrected chi connectivity index (χ0v) is 13.4. The highest BCUT2D eigenvalue weighted by Crippen LogP contribution is 2.29. The van der Waals surface area contributed by atoms with Crippen molar-refractivity contribution in [3.05, 3.63) is 71.3 Å². The van der Waals surface area contributed by atoms with Crippen molar-refractivity contribution in [3.8, 4) is 0 Å². The SMILES string of the molecule is O=C(N[C@H](Cc1cccc(C(F)(F)F)c1)C(=O)O)[C@@H](O)c1ccccc1. The minimum absolute atomic E-state index is 0.0988. The summed E-state index contributed by atoms with van der Waals surface area (Å²) >= 11 is 0. The lowest BCUT2D eigenvalue weighted by Gasteiger charge is -2.18. The van der Waals surface area contributed by atoms with E-state index in [0.29, 0.717) is 0 Å². The summed E-state index contributed by atoms with van der Waals surface area (Å²) in [6.45, 7) is 0. The number of hydrogen-bond donors (Lipinski definition) is 3. The second-order valence-corrected chi connectivity index (χ2v) is 5.61. The van der Waals surface area contributed by atoms with E-state index >= 15 is 0 Å². The third kappa shape index (κ3) is 5.06. The predicted octanol–water partition coefficient (Wildman–Crippen LogP) is 2.55. The molecule has 0 aliphatic rings. The number of nitrogens with one attached hydrogen (secondary N) is 1. The van der Waals surface area contributed by atoms with Gasteiger partial charge in [-0.15, -0.1) is 0 Å². The summed E-state index contributed by atoms with van der Waals surface area (Å²) in [7, 11) is 0. The minimum Gasteiger partial charge on any atom is -0.480 e. The van der Waals surface area contributed by atoms with Gasteiger partial charge in [-0.2, -0.15) is 13.2 Å². The number of aliphatic carboxylic acids is 1. The van der Waals surface area contributed by atoms with Gasteiger partial charge in [0.05, 0.1) is 5.56 Å². The Kier molecular flexibility index (Phi) is 5.99. The van der Waals surface area contributed by atoms with Gasteiger partial charge in [0, 0.05) is 6.42 Å². The number of carbonyl (C=O) groups is 2. The van der Waals surface area contributed by atoms with E-state index in [1.54, 1.807) is 18.2 Å². The van der Waals surface area contributed by atoms with Crippen LogP contribution in [0.3, 0.4) is 0 Å². The number of amides is 1. The molecule has 2 atom stereocenters. The number of hydrogen-bond acceptors (Lipinski definition) is 3. The highest BCUT2D eigenvalue weighted by Gasteiger charge is 2.31. The summed E-state index contributed by atoms with van der Waals surface area (Å²) in [5.41, 5.74) is -0.537. The lowest BCUT2D eigenvalue weighted by Crippen LogP contribution is -2.44. The van der Waals surface area contributed by atoms with Crippen molar-refractivity contribution in [2.75, 3.05) is 0 Å².